The second-order valence-electron chi connectivity index (χ2n) is 4.97. The topological polar surface area (TPSA) is 35.5 Å². The molecule has 15 heavy (non-hydrogen) atoms. The molecule has 0 aromatic heterocycles. The fourth-order valence-corrected chi connectivity index (χ4v) is 2.55. The minimum absolute atomic E-state index is 0.327. The molecule has 0 spiro atoms. The molecule has 0 amide bonds. The predicted octanol–water partition coefficient (Wildman–Crippen LogP) is 0.935. The van der Waals surface area contributed by atoms with Crippen molar-refractivity contribution in [3.05, 3.63) is 0 Å². The van der Waals surface area contributed by atoms with Crippen LogP contribution >= 0.6 is 0 Å². The first-order valence-corrected chi connectivity index (χ1v) is 6.18. The quantitative estimate of drug-likeness (QED) is 0.715. The molecule has 1 heterocycles. The zero-order valence-corrected chi connectivity index (χ0v) is 10.4. The Labute approximate surface area is 93.9 Å². The second-order valence-corrected chi connectivity index (χ2v) is 4.97. The van der Waals surface area contributed by atoms with Gasteiger partial charge < -0.3 is 15.3 Å². The van der Waals surface area contributed by atoms with Gasteiger partial charge in [-0.2, -0.15) is 0 Å². The lowest BCUT2D eigenvalue weighted by Crippen LogP contribution is -2.42. The van der Waals surface area contributed by atoms with Crippen LogP contribution in [0.1, 0.15) is 26.7 Å². The van der Waals surface area contributed by atoms with Gasteiger partial charge in [0.05, 0.1) is 0 Å². The van der Waals surface area contributed by atoms with Crippen molar-refractivity contribution in [2.24, 2.45) is 11.8 Å². The van der Waals surface area contributed by atoms with Gasteiger partial charge in [-0.1, -0.05) is 0 Å². The molecular weight excluding hydrogens is 188 g/mol. The van der Waals surface area contributed by atoms with E-state index >= 15 is 0 Å². The second kappa shape index (κ2) is 6.46. The van der Waals surface area contributed by atoms with Crippen LogP contribution in [-0.4, -0.2) is 49.3 Å². The maximum Gasteiger partial charge on any atom is 0.0474 e. The molecule has 90 valence electrons. The molecule has 0 aromatic rings. The lowest BCUT2D eigenvalue weighted by Gasteiger charge is -2.37. The minimum Gasteiger partial charge on any atom is -0.396 e. The summed E-state index contributed by atoms with van der Waals surface area (Å²) in [6, 6.07) is 0.669. The summed E-state index contributed by atoms with van der Waals surface area (Å²) < 4.78 is 0. The van der Waals surface area contributed by atoms with Gasteiger partial charge in [-0.15, -0.1) is 0 Å². The molecule has 0 aliphatic carbocycles. The Morgan fingerprint density at radius 3 is 2.33 bits per heavy atom. The number of likely N-dealkylation sites (tertiary alicyclic amines) is 1. The van der Waals surface area contributed by atoms with Crippen molar-refractivity contribution in [2.45, 2.75) is 32.7 Å². The number of aliphatic hydroxyl groups is 1. The Kier molecular flexibility index (Phi) is 5.58. The van der Waals surface area contributed by atoms with Gasteiger partial charge in [-0.3, -0.25) is 0 Å². The Morgan fingerprint density at radius 2 is 1.93 bits per heavy atom. The lowest BCUT2D eigenvalue weighted by molar-refractivity contribution is 0.0919. The summed E-state index contributed by atoms with van der Waals surface area (Å²) in [7, 11) is 1.96. The van der Waals surface area contributed by atoms with Crippen molar-refractivity contribution in [1.29, 1.82) is 0 Å². The zero-order valence-electron chi connectivity index (χ0n) is 10.4. The Hall–Kier alpha value is -0.120. The molecule has 1 saturated heterocycles. The highest BCUT2D eigenvalue weighted by atomic mass is 16.3. The zero-order chi connectivity index (χ0) is 11.3. The third kappa shape index (κ3) is 3.74. The van der Waals surface area contributed by atoms with E-state index in [1.807, 2.05) is 7.05 Å². The molecule has 1 fully saturated rings. The highest BCUT2D eigenvalue weighted by Gasteiger charge is 2.26. The molecule has 1 unspecified atom stereocenters. The summed E-state index contributed by atoms with van der Waals surface area (Å²) in [6.07, 6.45) is 2.48. The van der Waals surface area contributed by atoms with Gasteiger partial charge in [-0.25, -0.2) is 0 Å². The number of rotatable bonds is 5. The molecule has 2 N–H and O–H groups in total. The van der Waals surface area contributed by atoms with Crippen molar-refractivity contribution >= 4 is 0 Å². The monoisotopic (exact) mass is 214 g/mol. The van der Waals surface area contributed by atoms with Gasteiger partial charge in [0, 0.05) is 19.2 Å². The summed E-state index contributed by atoms with van der Waals surface area (Å²) in [4.78, 5) is 2.53. The first-order chi connectivity index (χ1) is 7.19. The third-order valence-electron chi connectivity index (χ3n) is 3.67. The largest absolute Gasteiger partial charge is 0.396 e. The van der Waals surface area contributed by atoms with Gasteiger partial charge in [-0.05, 0) is 58.7 Å². The standard InChI is InChI=1S/C12H26N2O/c1-10(2)14-6-4-11(5-7-14)12(9-15)8-13-3/h10-13,15H,4-9H2,1-3H3. The first-order valence-electron chi connectivity index (χ1n) is 6.18. The van der Waals surface area contributed by atoms with Crippen LogP contribution < -0.4 is 5.32 Å². The first kappa shape index (κ1) is 12.9. The third-order valence-corrected chi connectivity index (χ3v) is 3.67. The van der Waals surface area contributed by atoms with Crippen molar-refractivity contribution in [3.8, 4) is 0 Å². The number of nitrogens with zero attached hydrogens (tertiary/aromatic N) is 1. The predicted molar refractivity (Wildman–Crippen MR) is 63.9 cm³/mol. The number of hydrogen-bond acceptors (Lipinski definition) is 3. The maximum absolute atomic E-state index is 9.33. The van der Waals surface area contributed by atoms with E-state index in [1.165, 1.54) is 25.9 Å². The SMILES string of the molecule is CNCC(CO)C1CCN(C(C)C)CC1. The van der Waals surface area contributed by atoms with Crippen LogP contribution in [0.15, 0.2) is 0 Å². The molecule has 0 aromatic carbocycles. The molecule has 0 radical (unpaired) electrons. The van der Waals surface area contributed by atoms with Crippen LogP contribution in [0.5, 0.6) is 0 Å². The minimum atomic E-state index is 0.327. The molecule has 0 bridgehead atoms. The van der Waals surface area contributed by atoms with Gasteiger partial charge in [0.2, 0.25) is 0 Å². The molecule has 1 aliphatic rings. The van der Waals surface area contributed by atoms with Gasteiger partial charge >= 0.3 is 0 Å². The summed E-state index contributed by atoms with van der Waals surface area (Å²) in [5.41, 5.74) is 0. The van der Waals surface area contributed by atoms with Gasteiger partial charge in [0.15, 0.2) is 0 Å². The molecule has 0 saturated carbocycles. The van der Waals surface area contributed by atoms with Crippen molar-refractivity contribution in [2.75, 3.05) is 33.3 Å². The van der Waals surface area contributed by atoms with Crippen molar-refractivity contribution in [3.63, 3.8) is 0 Å². The van der Waals surface area contributed by atoms with Crippen LogP contribution in [0.4, 0.5) is 0 Å². The fourth-order valence-electron chi connectivity index (χ4n) is 2.55. The molecule has 1 atom stereocenters. The highest BCUT2D eigenvalue weighted by Crippen LogP contribution is 2.25. The molecule has 1 rings (SSSR count). The summed E-state index contributed by atoms with van der Waals surface area (Å²) >= 11 is 0. The summed E-state index contributed by atoms with van der Waals surface area (Å²) in [5, 5.41) is 12.5. The average Bonchev–Trinajstić information content (AvgIpc) is 2.26. The number of hydrogen-bond donors (Lipinski definition) is 2. The van der Waals surface area contributed by atoms with Crippen LogP contribution in [0, 0.1) is 11.8 Å². The van der Waals surface area contributed by atoms with Crippen LogP contribution in [0.25, 0.3) is 0 Å². The van der Waals surface area contributed by atoms with Gasteiger partial charge in [0.1, 0.15) is 0 Å². The van der Waals surface area contributed by atoms with Crippen molar-refractivity contribution < 1.29 is 5.11 Å². The van der Waals surface area contributed by atoms with Gasteiger partial charge in [0.25, 0.3) is 0 Å². The Bertz CT molecular complexity index is 165. The number of piperidine rings is 1. The molecule has 3 nitrogen and oxygen atoms in total. The maximum atomic E-state index is 9.33. The number of aliphatic hydroxyl groups excluding tert-OH is 1. The van der Waals surface area contributed by atoms with E-state index in [9.17, 15) is 5.11 Å². The van der Waals surface area contributed by atoms with E-state index in [-0.39, 0.29) is 0 Å². The molecule has 3 heteroatoms. The van der Waals surface area contributed by atoms with Crippen LogP contribution in [0.3, 0.4) is 0 Å². The van der Waals surface area contributed by atoms with Crippen molar-refractivity contribution in [1.82, 2.24) is 10.2 Å². The fraction of sp³-hybridized carbons (Fsp3) is 1.00. The normalized spacial score (nSPS) is 22.2. The molecular formula is C12H26N2O. The van der Waals surface area contributed by atoms with Crippen LogP contribution in [-0.2, 0) is 0 Å². The van der Waals surface area contributed by atoms with Crippen LogP contribution in [0.2, 0.25) is 0 Å². The van der Waals surface area contributed by atoms with E-state index < -0.39 is 0 Å². The Balaban J connectivity index is 2.35. The van der Waals surface area contributed by atoms with E-state index in [4.69, 9.17) is 0 Å². The average molecular weight is 214 g/mol. The van der Waals surface area contributed by atoms with E-state index in [0.717, 1.165) is 6.54 Å². The number of nitrogens with one attached hydrogen (secondary N) is 1. The van der Waals surface area contributed by atoms with E-state index in [0.29, 0.717) is 24.5 Å². The summed E-state index contributed by atoms with van der Waals surface area (Å²) in [6.45, 7) is 8.19. The van der Waals surface area contributed by atoms with E-state index in [2.05, 4.69) is 24.1 Å². The molecule has 1 aliphatic heterocycles. The smallest absolute Gasteiger partial charge is 0.0474 e. The highest BCUT2D eigenvalue weighted by molar-refractivity contribution is 4.79. The summed E-state index contributed by atoms with van der Waals surface area (Å²) in [5.74, 6) is 1.15. The lowest BCUT2D eigenvalue weighted by atomic mass is 9.84. The van der Waals surface area contributed by atoms with E-state index in [1.54, 1.807) is 0 Å². The Morgan fingerprint density at radius 1 is 1.33 bits per heavy atom.